The Morgan fingerprint density at radius 2 is 2.00 bits per heavy atom. The minimum absolute atomic E-state index is 0.111. The lowest BCUT2D eigenvalue weighted by Crippen LogP contribution is -2.19. The van der Waals surface area contributed by atoms with Gasteiger partial charge in [-0.1, -0.05) is 24.6 Å². The number of carboxylic acids is 1. The molecule has 2 N–H and O–H groups in total. The number of rotatable bonds is 1. The zero-order valence-electron chi connectivity index (χ0n) is 10.7. The maximum Gasteiger partial charge on any atom is 0.272 e. The minimum Gasteiger partial charge on any atom is -0.550 e. The third-order valence-corrected chi connectivity index (χ3v) is 3.02. The van der Waals surface area contributed by atoms with E-state index < -0.39 is 5.97 Å². The molecule has 0 amide bonds. The molecule has 0 fully saturated rings. The van der Waals surface area contributed by atoms with Crippen LogP contribution in [-0.4, -0.2) is 15.9 Å². The number of aromatic nitrogens is 2. The van der Waals surface area contributed by atoms with Crippen molar-refractivity contribution in [3.8, 4) is 0 Å². The van der Waals surface area contributed by atoms with Gasteiger partial charge in [0.15, 0.2) is 0 Å². The normalized spacial score (nSPS) is 10.3. The van der Waals surface area contributed by atoms with Gasteiger partial charge in [-0.15, -0.1) is 0 Å². The molecule has 0 aliphatic rings. The van der Waals surface area contributed by atoms with Gasteiger partial charge in [-0.2, -0.15) is 0 Å². The number of hydrogen-bond acceptors (Lipinski definition) is 3. The maximum absolute atomic E-state index is 11.6. The van der Waals surface area contributed by atoms with Crippen molar-refractivity contribution in [3.05, 3.63) is 45.8 Å². The van der Waals surface area contributed by atoms with Gasteiger partial charge in [0.2, 0.25) is 0 Å². The van der Waals surface area contributed by atoms with E-state index in [2.05, 4.69) is 9.97 Å². The van der Waals surface area contributed by atoms with Gasteiger partial charge >= 0.3 is 0 Å². The van der Waals surface area contributed by atoms with Crippen molar-refractivity contribution in [1.82, 2.24) is 9.97 Å². The molecule has 0 aliphatic carbocycles. The summed E-state index contributed by atoms with van der Waals surface area (Å²) in [6.45, 7) is 1.54. The topological polar surface area (TPSA) is 88.8 Å². The number of fused-ring (bicyclic) bond motifs is 3. The largest absolute Gasteiger partial charge is 0.550 e. The number of aromatic amines is 2. The lowest BCUT2D eigenvalue weighted by molar-refractivity contribution is -0.305. The lowest BCUT2D eigenvalue weighted by atomic mass is 10.1. The van der Waals surface area contributed by atoms with E-state index in [1.165, 1.54) is 6.92 Å². The summed E-state index contributed by atoms with van der Waals surface area (Å²) in [5, 5.41) is 11.8. The van der Waals surface area contributed by atoms with Crippen molar-refractivity contribution in [1.29, 1.82) is 0 Å². The molecular weight excluding hydrogens is 280 g/mol. The molecule has 20 heavy (non-hydrogen) atoms. The van der Waals surface area contributed by atoms with Crippen LogP contribution in [-0.2, 0) is 4.79 Å². The third-order valence-electron chi connectivity index (χ3n) is 2.78. The molecule has 0 saturated heterocycles. The molecule has 0 aliphatic heterocycles. The van der Waals surface area contributed by atoms with Crippen LogP contribution in [0.5, 0.6) is 0 Å². The van der Waals surface area contributed by atoms with Gasteiger partial charge in [0.25, 0.3) is 5.56 Å². The fourth-order valence-electron chi connectivity index (χ4n) is 1.82. The summed E-state index contributed by atoms with van der Waals surface area (Å²) in [5.74, 6) is -0.995. The van der Waals surface area contributed by atoms with E-state index in [0.717, 1.165) is 16.3 Å². The first kappa shape index (κ1) is 14.1. The maximum atomic E-state index is 11.6. The first-order chi connectivity index (χ1) is 9.52. The van der Waals surface area contributed by atoms with Gasteiger partial charge in [-0.25, -0.2) is 0 Å². The Kier molecular flexibility index (Phi) is 4.10. The fraction of sp³-hybridized carbons (Fsp3) is 0.143. The van der Waals surface area contributed by atoms with Crippen LogP contribution in [0.25, 0.3) is 21.8 Å². The number of hydrogen-bond donors (Lipinski definition) is 2. The summed E-state index contributed by atoms with van der Waals surface area (Å²) in [5.41, 5.74) is 1.24. The van der Waals surface area contributed by atoms with Crippen molar-refractivity contribution in [2.24, 2.45) is 0 Å². The highest BCUT2D eigenvalue weighted by atomic mass is 35.5. The predicted octanol–water partition coefficient (Wildman–Crippen LogP) is 1.81. The molecule has 0 unspecified atom stereocenters. The number of carboxylic acid groups (broad SMARTS) is 1. The Labute approximate surface area is 119 Å². The van der Waals surface area contributed by atoms with Crippen molar-refractivity contribution in [2.75, 3.05) is 0 Å². The van der Waals surface area contributed by atoms with Gasteiger partial charge in [0.1, 0.15) is 5.52 Å². The fourth-order valence-corrected chi connectivity index (χ4v) is 1.99. The third kappa shape index (κ3) is 2.83. The number of carbonyl (C=O) groups excluding carboxylic acids is 1. The summed E-state index contributed by atoms with van der Waals surface area (Å²) in [6, 6.07) is 7.37. The molecule has 0 saturated carbocycles. The number of benzene rings is 1. The Balaban J connectivity index is 0.000000257. The quantitative estimate of drug-likeness (QED) is 0.716. The lowest BCUT2D eigenvalue weighted by Gasteiger charge is -1.99. The number of halogens is 1. The molecule has 0 bridgehead atoms. The van der Waals surface area contributed by atoms with E-state index in [1.54, 1.807) is 12.3 Å². The second-order valence-corrected chi connectivity index (χ2v) is 4.57. The highest BCUT2D eigenvalue weighted by molar-refractivity contribution is 6.31. The highest BCUT2D eigenvalue weighted by Gasteiger charge is 2.05. The molecule has 2 aromatic heterocycles. The Morgan fingerprint density at radius 3 is 2.65 bits per heavy atom. The number of H-pyrrole nitrogens is 2. The standard InChI is InChI=1S/C11H7ClN2O.C3H6O2/c12-6-1-2-7-8-3-4-13-10(8)11(15)14-9(7)5-6;1-2-3(4)5/h1-5,13H,(H,14,15);2H2,1H3,(H,4,5)/p-1. The summed E-state index contributed by atoms with van der Waals surface area (Å²) < 4.78 is 0. The van der Waals surface area contributed by atoms with Crippen molar-refractivity contribution in [3.63, 3.8) is 0 Å². The van der Waals surface area contributed by atoms with E-state index in [0.29, 0.717) is 10.5 Å². The van der Waals surface area contributed by atoms with Crippen molar-refractivity contribution < 1.29 is 9.90 Å². The Hall–Kier alpha value is -2.27. The van der Waals surface area contributed by atoms with E-state index in [9.17, 15) is 14.7 Å². The minimum atomic E-state index is -0.995. The van der Waals surface area contributed by atoms with Gasteiger partial charge < -0.3 is 19.9 Å². The van der Waals surface area contributed by atoms with E-state index >= 15 is 0 Å². The van der Waals surface area contributed by atoms with Crippen LogP contribution in [0.4, 0.5) is 0 Å². The predicted molar refractivity (Wildman–Crippen MR) is 76.7 cm³/mol. The average Bonchev–Trinajstić information content (AvgIpc) is 2.89. The van der Waals surface area contributed by atoms with Gasteiger partial charge in [-0.3, -0.25) is 4.79 Å². The summed E-state index contributed by atoms with van der Waals surface area (Å²) in [4.78, 5) is 26.6. The molecule has 2 heterocycles. The summed E-state index contributed by atoms with van der Waals surface area (Å²) in [7, 11) is 0. The van der Waals surface area contributed by atoms with Crippen LogP contribution in [0.3, 0.4) is 0 Å². The molecule has 6 heteroatoms. The smallest absolute Gasteiger partial charge is 0.272 e. The zero-order valence-corrected chi connectivity index (χ0v) is 11.5. The Morgan fingerprint density at radius 1 is 1.30 bits per heavy atom. The molecule has 0 atom stereocenters. The zero-order chi connectivity index (χ0) is 14.7. The van der Waals surface area contributed by atoms with Crippen LogP contribution < -0.4 is 10.7 Å². The second-order valence-electron chi connectivity index (χ2n) is 4.14. The second kappa shape index (κ2) is 5.79. The monoisotopic (exact) mass is 291 g/mol. The number of nitrogens with one attached hydrogen (secondary N) is 2. The molecule has 104 valence electrons. The van der Waals surface area contributed by atoms with Crippen LogP contribution in [0.15, 0.2) is 35.3 Å². The number of pyridine rings is 1. The summed E-state index contributed by atoms with van der Waals surface area (Å²) in [6.07, 6.45) is 1.87. The molecule has 3 rings (SSSR count). The van der Waals surface area contributed by atoms with Crippen LogP contribution >= 0.6 is 11.6 Å². The van der Waals surface area contributed by atoms with Crippen molar-refractivity contribution >= 4 is 39.4 Å². The number of aliphatic carboxylic acids is 1. The number of carbonyl (C=O) groups is 1. The van der Waals surface area contributed by atoms with E-state index in [-0.39, 0.29) is 12.0 Å². The Bertz CT molecular complexity index is 820. The van der Waals surface area contributed by atoms with Gasteiger partial charge in [0.05, 0.1) is 5.52 Å². The van der Waals surface area contributed by atoms with Gasteiger partial charge in [-0.05, 0) is 24.6 Å². The van der Waals surface area contributed by atoms with Crippen LogP contribution in [0.2, 0.25) is 5.02 Å². The van der Waals surface area contributed by atoms with Crippen molar-refractivity contribution in [2.45, 2.75) is 13.3 Å². The molecule has 0 spiro atoms. The summed E-state index contributed by atoms with van der Waals surface area (Å²) >= 11 is 5.87. The van der Waals surface area contributed by atoms with Crippen LogP contribution in [0.1, 0.15) is 13.3 Å². The SMILES string of the molecule is CCC(=O)[O-].O=c1[nH]c2cc(Cl)ccc2c2cc[nH]c12. The molecule has 1 aromatic carbocycles. The molecular formula is C14H12ClN2O3-. The first-order valence-corrected chi connectivity index (χ1v) is 6.39. The molecule has 3 aromatic rings. The average molecular weight is 292 g/mol. The molecule has 5 nitrogen and oxygen atoms in total. The van der Waals surface area contributed by atoms with Gasteiger partial charge in [0, 0.05) is 28.0 Å². The molecule has 0 radical (unpaired) electrons. The highest BCUT2D eigenvalue weighted by Crippen LogP contribution is 2.22. The first-order valence-electron chi connectivity index (χ1n) is 6.01. The van der Waals surface area contributed by atoms with E-state index in [4.69, 9.17) is 11.6 Å². The van der Waals surface area contributed by atoms with Crippen LogP contribution in [0, 0.1) is 0 Å². The van der Waals surface area contributed by atoms with E-state index in [1.807, 2.05) is 18.2 Å².